The van der Waals surface area contributed by atoms with Crippen molar-refractivity contribution in [1.82, 2.24) is 0 Å². The molecule has 15 heavy (non-hydrogen) atoms. The van der Waals surface area contributed by atoms with E-state index in [2.05, 4.69) is 6.92 Å². The van der Waals surface area contributed by atoms with E-state index in [4.69, 9.17) is 28.9 Å². The molecule has 2 aromatic rings. The second-order valence-electron chi connectivity index (χ2n) is 3.29. The third kappa shape index (κ3) is 1.76. The SMILES string of the molecule is CCc1c(CN)sc2c(Cl)ccc(Cl)c12. The molecule has 1 aromatic carbocycles. The first-order valence-corrected chi connectivity index (χ1v) is 6.34. The molecule has 0 aliphatic heterocycles. The summed E-state index contributed by atoms with van der Waals surface area (Å²) in [5.41, 5.74) is 6.96. The molecule has 1 nitrogen and oxygen atoms in total. The third-order valence-corrected chi connectivity index (χ3v) is 4.49. The Labute approximate surface area is 103 Å². The zero-order valence-electron chi connectivity index (χ0n) is 8.31. The van der Waals surface area contributed by atoms with Crippen molar-refractivity contribution in [3.05, 3.63) is 32.6 Å². The molecule has 1 heterocycles. The zero-order valence-corrected chi connectivity index (χ0v) is 10.6. The van der Waals surface area contributed by atoms with Crippen molar-refractivity contribution in [2.75, 3.05) is 0 Å². The predicted octanol–water partition coefficient (Wildman–Crippen LogP) is 4.23. The van der Waals surface area contributed by atoms with Gasteiger partial charge >= 0.3 is 0 Å². The topological polar surface area (TPSA) is 26.0 Å². The number of nitrogens with two attached hydrogens (primary N) is 1. The van der Waals surface area contributed by atoms with Crippen molar-refractivity contribution >= 4 is 44.6 Å². The van der Waals surface area contributed by atoms with Crippen LogP contribution in [0.25, 0.3) is 10.1 Å². The Bertz CT molecular complexity index is 505. The minimum atomic E-state index is 0.551. The first-order valence-electron chi connectivity index (χ1n) is 4.77. The van der Waals surface area contributed by atoms with Crippen molar-refractivity contribution in [2.24, 2.45) is 5.73 Å². The Hall–Kier alpha value is -0.280. The molecule has 4 heteroatoms. The van der Waals surface area contributed by atoms with Crippen LogP contribution >= 0.6 is 34.5 Å². The van der Waals surface area contributed by atoms with E-state index < -0.39 is 0 Å². The summed E-state index contributed by atoms with van der Waals surface area (Å²) in [4.78, 5) is 1.18. The summed E-state index contributed by atoms with van der Waals surface area (Å²) in [7, 11) is 0. The summed E-state index contributed by atoms with van der Waals surface area (Å²) < 4.78 is 1.06. The average molecular weight is 260 g/mol. The van der Waals surface area contributed by atoms with Crippen molar-refractivity contribution in [3.8, 4) is 0 Å². The lowest BCUT2D eigenvalue weighted by Gasteiger charge is -2.00. The molecular weight excluding hydrogens is 249 g/mol. The highest BCUT2D eigenvalue weighted by atomic mass is 35.5. The van der Waals surface area contributed by atoms with Crippen molar-refractivity contribution < 1.29 is 0 Å². The van der Waals surface area contributed by atoms with E-state index in [1.165, 1.54) is 10.4 Å². The maximum absolute atomic E-state index is 6.19. The zero-order chi connectivity index (χ0) is 11.0. The van der Waals surface area contributed by atoms with Crippen LogP contribution in [0, 0.1) is 0 Å². The largest absolute Gasteiger partial charge is 0.326 e. The Morgan fingerprint density at radius 2 is 1.93 bits per heavy atom. The number of hydrogen-bond acceptors (Lipinski definition) is 2. The van der Waals surface area contributed by atoms with Crippen LogP contribution < -0.4 is 5.73 Å². The highest BCUT2D eigenvalue weighted by Gasteiger charge is 2.14. The molecule has 0 fully saturated rings. The van der Waals surface area contributed by atoms with Crippen LogP contribution in [0.3, 0.4) is 0 Å². The Balaban J connectivity index is 2.87. The van der Waals surface area contributed by atoms with Crippen molar-refractivity contribution in [3.63, 3.8) is 0 Å². The molecule has 0 bridgehead atoms. The van der Waals surface area contributed by atoms with Crippen LogP contribution in [-0.4, -0.2) is 0 Å². The lowest BCUT2D eigenvalue weighted by atomic mass is 10.1. The van der Waals surface area contributed by atoms with Gasteiger partial charge in [0.2, 0.25) is 0 Å². The molecule has 0 aliphatic rings. The normalized spacial score (nSPS) is 11.2. The van der Waals surface area contributed by atoms with Gasteiger partial charge in [0.15, 0.2) is 0 Å². The summed E-state index contributed by atoms with van der Waals surface area (Å²) >= 11 is 14.0. The van der Waals surface area contributed by atoms with Gasteiger partial charge < -0.3 is 5.73 Å². The maximum Gasteiger partial charge on any atom is 0.0585 e. The molecule has 2 N–H and O–H groups in total. The molecule has 80 valence electrons. The molecule has 0 saturated heterocycles. The molecule has 0 amide bonds. The molecule has 0 aliphatic carbocycles. The van der Waals surface area contributed by atoms with Gasteiger partial charge in [-0.2, -0.15) is 0 Å². The fourth-order valence-electron chi connectivity index (χ4n) is 1.78. The molecule has 2 rings (SSSR count). The fourth-order valence-corrected chi connectivity index (χ4v) is 3.58. The van der Waals surface area contributed by atoms with Gasteiger partial charge in [-0.25, -0.2) is 0 Å². The van der Waals surface area contributed by atoms with Gasteiger partial charge in [0.25, 0.3) is 0 Å². The van der Waals surface area contributed by atoms with Crippen molar-refractivity contribution in [2.45, 2.75) is 19.9 Å². The number of rotatable bonds is 2. The van der Waals surface area contributed by atoms with Gasteiger partial charge in [-0.15, -0.1) is 11.3 Å². The fraction of sp³-hybridized carbons (Fsp3) is 0.273. The molecule has 0 spiro atoms. The van der Waals surface area contributed by atoms with Gasteiger partial charge in [0.1, 0.15) is 0 Å². The summed E-state index contributed by atoms with van der Waals surface area (Å²) in [6.45, 7) is 2.66. The first-order chi connectivity index (χ1) is 7.19. The average Bonchev–Trinajstić information content (AvgIpc) is 2.63. The van der Waals surface area contributed by atoms with Gasteiger partial charge in [-0.1, -0.05) is 30.1 Å². The minimum absolute atomic E-state index is 0.551. The molecule has 0 saturated carbocycles. The summed E-state index contributed by atoms with van der Waals surface area (Å²) in [5, 5.41) is 2.60. The first kappa shape index (κ1) is 11.2. The van der Waals surface area contributed by atoms with E-state index in [1.54, 1.807) is 11.3 Å². The van der Waals surface area contributed by atoms with Gasteiger partial charge in [-0.05, 0) is 24.1 Å². The number of thiophene rings is 1. The van der Waals surface area contributed by atoms with Gasteiger partial charge in [0, 0.05) is 21.8 Å². The molecule has 0 unspecified atom stereocenters. The summed E-state index contributed by atoms with van der Waals surface area (Å²) in [5.74, 6) is 0. The van der Waals surface area contributed by atoms with E-state index in [0.717, 1.165) is 26.6 Å². The molecular formula is C11H11Cl2NS. The van der Waals surface area contributed by atoms with Crippen LogP contribution in [0.15, 0.2) is 12.1 Å². The summed E-state index contributed by atoms with van der Waals surface area (Å²) in [6.07, 6.45) is 0.937. The lowest BCUT2D eigenvalue weighted by molar-refractivity contribution is 1.05. The van der Waals surface area contributed by atoms with E-state index >= 15 is 0 Å². The monoisotopic (exact) mass is 259 g/mol. The lowest BCUT2D eigenvalue weighted by Crippen LogP contribution is -1.96. The highest BCUT2D eigenvalue weighted by Crippen LogP contribution is 2.40. The van der Waals surface area contributed by atoms with Crippen molar-refractivity contribution in [1.29, 1.82) is 0 Å². The Morgan fingerprint density at radius 3 is 2.53 bits per heavy atom. The molecule has 0 radical (unpaired) electrons. The van der Waals surface area contributed by atoms with E-state index in [1.807, 2.05) is 12.1 Å². The number of benzene rings is 1. The second kappa shape index (κ2) is 4.30. The number of fused-ring (bicyclic) bond motifs is 1. The second-order valence-corrected chi connectivity index (χ2v) is 5.21. The number of aryl methyl sites for hydroxylation is 1. The van der Waals surface area contributed by atoms with Crippen LogP contribution in [0.4, 0.5) is 0 Å². The molecule has 0 atom stereocenters. The Kier molecular flexibility index (Phi) is 3.21. The minimum Gasteiger partial charge on any atom is -0.326 e. The van der Waals surface area contributed by atoms with E-state index in [9.17, 15) is 0 Å². The highest BCUT2D eigenvalue weighted by molar-refractivity contribution is 7.20. The number of hydrogen-bond donors (Lipinski definition) is 1. The standard InChI is InChI=1S/C11H11Cl2NS/c1-2-6-9(5-14)15-11-8(13)4-3-7(12)10(6)11/h3-4H,2,5,14H2,1H3. The quantitative estimate of drug-likeness (QED) is 0.859. The van der Waals surface area contributed by atoms with Gasteiger partial charge in [-0.3, -0.25) is 0 Å². The predicted molar refractivity (Wildman–Crippen MR) is 69.1 cm³/mol. The maximum atomic E-state index is 6.19. The smallest absolute Gasteiger partial charge is 0.0585 e. The number of halogens is 2. The van der Waals surface area contributed by atoms with Gasteiger partial charge in [0.05, 0.1) is 9.72 Å². The van der Waals surface area contributed by atoms with E-state index in [-0.39, 0.29) is 0 Å². The van der Waals surface area contributed by atoms with Crippen LogP contribution in [0.2, 0.25) is 10.0 Å². The van der Waals surface area contributed by atoms with Crippen LogP contribution in [0.1, 0.15) is 17.4 Å². The Morgan fingerprint density at radius 1 is 1.27 bits per heavy atom. The van der Waals surface area contributed by atoms with Crippen LogP contribution in [0.5, 0.6) is 0 Å². The third-order valence-electron chi connectivity index (χ3n) is 2.46. The van der Waals surface area contributed by atoms with Crippen LogP contribution in [-0.2, 0) is 13.0 Å². The molecule has 1 aromatic heterocycles. The summed E-state index contributed by atoms with van der Waals surface area (Å²) in [6, 6.07) is 3.68. The van der Waals surface area contributed by atoms with E-state index in [0.29, 0.717) is 6.54 Å².